The van der Waals surface area contributed by atoms with Gasteiger partial charge in [-0.1, -0.05) is 36.4 Å². The average Bonchev–Trinajstić information content (AvgIpc) is 3.24. The van der Waals surface area contributed by atoms with Gasteiger partial charge in [-0.25, -0.2) is 0 Å². The van der Waals surface area contributed by atoms with Crippen LogP contribution in [0.3, 0.4) is 0 Å². The van der Waals surface area contributed by atoms with Crippen molar-refractivity contribution in [2.75, 3.05) is 13.1 Å². The number of carbonyl (C=O) groups is 1. The second kappa shape index (κ2) is 7.73. The van der Waals surface area contributed by atoms with Crippen LogP contribution in [0.25, 0.3) is 0 Å². The lowest BCUT2D eigenvalue weighted by molar-refractivity contribution is -0.129. The lowest BCUT2D eigenvalue weighted by Gasteiger charge is -2.19. The van der Waals surface area contributed by atoms with E-state index in [1.165, 1.54) is 11.1 Å². The summed E-state index contributed by atoms with van der Waals surface area (Å²) >= 11 is 0. The minimum atomic E-state index is 0.202. The Hall–Kier alpha value is -2.33. The minimum absolute atomic E-state index is 0.202. The monoisotopic (exact) mass is 364 g/mol. The molecule has 2 aromatic rings. The molecule has 4 rings (SSSR count). The maximum Gasteiger partial charge on any atom is 0.227 e. The Balaban J connectivity index is 1.35. The molecule has 1 heterocycles. The van der Waals surface area contributed by atoms with Crippen molar-refractivity contribution in [2.24, 2.45) is 17.6 Å². The van der Waals surface area contributed by atoms with E-state index < -0.39 is 0 Å². The molecule has 2 aliphatic rings. The molecule has 1 aliphatic carbocycles. The van der Waals surface area contributed by atoms with Gasteiger partial charge in [0.05, 0.1) is 6.42 Å². The van der Waals surface area contributed by atoms with Crippen molar-refractivity contribution < 1.29 is 9.53 Å². The van der Waals surface area contributed by atoms with Gasteiger partial charge in [0.2, 0.25) is 5.91 Å². The number of benzene rings is 2. The van der Waals surface area contributed by atoms with E-state index in [0.29, 0.717) is 24.9 Å². The Morgan fingerprint density at radius 3 is 2.81 bits per heavy atom. The van der Waals surface area contributed by atoms with E-state index in [0.717, 1.165) is 37.2 Å². The summed E-state index contributed by atoms with van der Waals surface area (Å²) < 4.78 is 5.95. The van der Waals surface area contributed by atoms with Crippen LogP contribution in [0.15, 0.2) is 48.5 Å². The highest BCUT2D eigenvalue weighted by atomic mass is 16.5. The summed E-state index contributed by atoms with van der Waals surface area (Å²) in [5.41, 5.74) is 9.60. The van der Waals surface area contributed by atoms with Gasteiger partial charge in [0.15, 0.2) is 0 Å². The van der Waals surface area contributed by atoms with Crippen LogP contribution in [0, 0.1) is 18.8 Å². The van der Waals surface area contributed by atoms with E-state index >= 15 is 0 Å². The van der Waals surface area contributed by atoms with Crippen LogP contribution in [0.4, 0.5) is 0 Å². The third kappa shape index (κ3) is 4.01. The summed E-state index contributed by atoms with van der Waals surface area (Å²) in [5.74, 6) is 2.11. The summed E-state index contributed by atoms with van der Waals surface area (Å²) in [7, 11) is 0. The van der Waals surface area contributed by atoms with Gasteiger partial charge in [-0.3, -0.25) is 4.79 Å². The van der Waals surface area contributed by atoms with E-state index in [4.69, 9.17) is 10.5 Å². The number of ether oxygens (including phenoxy) is 1. The number of fused-ring (bicyclic) bond motifs is 1. The van der Waals surface area contributed by atoms with Crippen molar-refractivity contribution in [3.05, 3.63) is 65.2 Å². The van der Waals surface area contributed by atoms with Crippen LogP contribution >= 0.6 is 0 Å². The molecule has 2 N–H and O–H groups in total. The van der Waals surface area contributed by atoms with Gasteiger partial charge in [0.1, 0.15) is 12.4 Å². The van der Waals surface area contributed by atoms with Crippen LogP contribution in [0.5, 0.6) is 5.75 Å². The summed E-state index contributed by atoms with van der Waals surface area (Å²) in [6.07, 6.45) is 2.70. The maximum atomic E-state index is 12.7. The normalized spacial score (nSPS) is 24.1. The molecule has 1 saturated carbocycles. The van der Waals surface area contributed by atoms with Crippen LogP contribution < -0.4 is 10.5 Å². The number of amides is 1. The van der Waals surface area contributed by atoms with Gasteiger partial charge in [-0.15, -0.1) is 0 Å². The SMILES string of the molecule is Cc1ccccc1COc1cccc(CC(=O)N2CC3CCC(N)C3C2)c1. The molecule has 1 amide bonds. The van der Waals surface area contributed by atoms with Crippen LogP contribution in [0.2, 0.25) is 0 Å². The first-order chi connectivity index (χ1) is 13.1. The molecule has 0 aromatic heterocycles. The van der Waals surface area contributed by atoms with Gasteiger partial charge in [0.25, 0.3) is 0 Å². The second-order valence-electron chi connectivity index (χ2n) is 8.00. The molecule has 27 heavy (non-hydrogen) atoms. The molecule has 0 radical (unpaired) electrons. The Morgan fingerprint density at radius 2 is 2.00 bits per heavy atom. The van der Waals surface area contributed by atoms with E-state index in [9.17, 15) is 4.79 Å². The highest BCUT2D eigenvalue weighted by Gasteiger charge is 2.42. The maximum absolute atomic E-state index is 12.7. The van der Waals surface area contributed by atoms with Crippen molar-refractivity contribution in [3.63, 3.8) is 0 Å². The molecule has 1 saturated heterocycles. The third-order valence-corrected chi connectivity index (χ3v) is 6.17. The number of nitrogens with two attached hydrogens (primary N) is 1. The molecule has 2 aromatic carbocycles. The smallest absolute Gasteiger partial charge is 0.227 e. The number of carbonyl (C=O) groups excluding carboxylic acids is 1. The van der Waals surface area contributed by atoms with Gasteiger partial charge in [-0.05, 0) is 60.4 Å². The third-order valence-electron chi connectivity index (χ3n) is 6.17. The van der Waals surface area contributed by atoms with Crippen molar-refractivity contribution in [1.82, 2.24) is 4.90 Å². The Bertz CT molecular complexity index is 820. The minimum Gasteiger partial charge on any atom is -0.489 e. The van der Waals surface area contributed by atoms with Gasteiger partial charge in [-0.2, -0.15) is 0 Å². The Morgan fingerprint density at radius 1 is 1.15 bits per heavy atom. The molecule has 0 spiro atoms. The molecule has 3 atom stereocenters. The summed E-state index contributed by atoms with van der Waals surface area (Å²) in [5, 5.41) is 0. The molecule has 4 nitrogen and oxygen atoms in total. The van der Waals surface area contributed by atoms with E-state index in [-0.39, 0.29) is 11.9 Å². The quantitative estimate of drug-likeness (QED) is 0.885. The molecule has 0 bridgehead atoms. The topological polar surface area (TPSA) is 55.6 Å². The molecular weight excluding hydrogens is 336 g/mol. The second-order valence-corrected chi connectivity index (χ2v) is 8.00. The fourth-order valence-electron chi connectivity index (χ4n) is 4.48. The largest absolute Gasteiger partial charge is 0.489 e. The van der Waals surface area contributed by atoms with Crippen LogP contribution in [-0.2, 0) is 17.8 Å². The Labute approximate surface area is 161 Å². The van der Waals surface area contributed by atoms with Gasteiger partial charge >= 0.3 is 0 Å². The Kier molecular flexibility index (Phi) is 5.17. The zero-order valence-corrected chi connectivity index (χ0v) is 15.9. The predicted molar refractivity (Wildman–Crippen MR) is 106 cm³/mol. The van der Waals surface area contributed by atoms with E-state index in [2.05, 4.69) is 19.1 Å². The predicted octanol–water partition coefficient (Wildman–Crippen LogP) is 3.31. The first kappa shape index (κ1) is 18.1. The molecular formula is C23H28N2O2. The van der Waals surface area contributed by atoms with Crippen molar-refractivity contribution in [2.45, 2.75) is 38.8 Å². The van der Waals surface area contributed by atoms with Crippen LogP contribution in [0.1, 0.15) is 29.5 Å². The van der Waals surface area contributed by atoms with Crippen molar-refractivity contribution in [1.29, 1.82) is 0 Å². The number of aryl methyl sites for hydroxylation is 1. The summed E-state index contributed by atoms with van der Waals surface area (Å²) in [4.78, 5) is 14.7. The molecule has 142 valence electrons. The molecule has 4 heteroatoms. The number of likely N-dealkylation sites (tertiary alicyclic amines) is 1. The molecule has 1 aliphatic heterocycles. The first-order valence-corrected chi connectivity index (χ1v) is 9.90. The number of rotatable bonds is 5. The molecule has 2 fully saturated rings. The number of nitrogens with zero attached hydrogens (tertiary/aromatic N) is 1. The zero-order valence-electron chi connectivity index (χ0n) is 15.9. The number of hydrogen-bond donors (Lipinski definition) is 1. The zero-order chi connectivity index (χ0) is 18.8. The lowest BCUT2D eigenvalue weighted by atomic mass is 9.98. The summed E-state index contributed by atoms with van der Waals surface area (Å²) in [6, 6.07) is 16.4. The average molecular weight is 364 g/mol. The fraction of sp³-hybridized carbons (Fsp3) is 0.435. The first-order valence-electron chi connectivity index (χ1n) is 9.90. The van der Waals surface area contributed by atoms with Crippen molar-refractivity contribution in [3.8, 4) is 5.75 Å². The summed E-state index contributed by atoms with van der Waals surface area (Å²) in [6.45, 7) is 4.33. The van der Waals surface area contributed by atoms with E-state index in [1.54, 1.807) is 0 Å². The van der Waals surface area contributed by atoms with Crippen molar-refractivity contribution >= 4 is 5.91 Å². The van der Waals surface area contributed by atoms with E-state index in [1.807, 2.05) is 41.3 Å². The van der Waals surface area contributed by atoms with Gasteiger partial charge in [0, 0.05) is 19.1 Å². The highest BCUT2D eigenvalue weighted by Crippen LogP contribution is 2.37. The number of hydrogen-bond acceptors (Lipinski definition) is 3. The standard InChI is InChI=1S/C23H28N2O2/c1-16-5-2-3-7-19(16)15-27-20-8-4-6-17(11-20)12-23(26)25-13-18-9-10-22(24)21(18)14-25/h2-8,11,18,21-22H,9-10,12-15,24H2,1H3. The van der Waals surface area contributed by atoms with Gasteiger partial charge < -0.3 is 15.4 Å². The molecule has 3 unspecified atom stereocenters. The lowest BCUT2D eigenvalue weighted by Crippen LogP contribution is -2.34. The van der Waals surface area contributed by atoms with Crippen LogP contribution in [-0.4, -0.2) is 29.9 Å². The fourth-order valence-corrected chi connectivity index (χ4v) is 4.48. The highest BCUT2D eigenvalue weighted by molar-refractivity contribution is 5.79.